The quantitative estimate of drug-likeness (QED) is 0.266. The zero-order valence-electron chi connectivity index (χ0n) is 18.9. The Bertz CT molecular complexity index is 1690. The van der Waals surface area contributed by atoms with E-state index in [0.717, 1.165) is 27.9 Å². The molecule has 0 fully saturated rings. The zero-order chi connectivity index (χ0) is 23.6. The molecule has 0 spiro atoms. The van der Waals surface area contributed by atoms with Crippen molar-refractivity contribution in [2.75, 3.05) is 0 Å². The first-order valence-corrected chi connectivity index (χ1v) is 13.2. The summed E-state index contributed by atoms with van der Waals surface area (Å²) in [7, 11) is -3.20. The molecule has 0 aliphatic carbocycles. The summed E-state index contributed by atoms with van der Waals surface area (Å²) in [5.74, 6) is 2.44. The van der Waals surface area contributed by atoms with Crippen LogP contribution in [0.5, 0.6) is 23.0 Å². The van der Waals surface area contributed by atoms with Crippen molar-refractivity contribution in [1.29, 1.82) is 0 Å². The van der Waals surface area contributed by atoms with Gasteiger partial charge in [0.25, 0.3) is 0 Å². The molecule has 0 radical (unpaired) electrons. The summed E-state index contributed by atoms with van der Waals surface area (Å²) >= 11 is 0. The molecule has 0 amide bonds. The number of hydrogen-bond acceptors (Lipinski definition) is 4. The van der Waals surface area contributed by atoms with E-state index in [9.17, 15) is 0 Å². The molecule has 5 heteroatoms. The highest BCUT2D eigenvalue weighted by Crippen LogP contribution is 2.59. The Morgan fingerprint density at radius 3 is 2.11 bits per heavy atom. The Hall–Kier alpha value is -4.14. The van der Waals surface area contributed by atoms with E-state index < -0.39 is 7.14 Å². The number of hydrogen-bond donors (Lipinski definition) is 0. The summed E-state index contributed by atoms with van der Waals surface area (Å²) in [6.07, 6.45) is 1.82. The Morgan fingerprint density at radius 1 is 0.657 bits per heavy atom. The summed E-state index contributed by atoms with van der Waals surface area (Å²) in [5, 5.41) is 2.06. The van der Waals surface area contributed by atoms with E-state index in [0.29, 0.717) is 38.9 Å². The van der Waals surface area contributed by atoms with E-state index in [4.69, 9.17) is 9.47 Å². The molecule has 35 heavy (non-hydrogen) atoms. The average Bonchev–Trinajstić information content (AvgIpc) is 2.89. The van der Waals surface area contributed by atoms with E-state index >= 15 is 4.57 Å². The van der Waals surface area contributed by atoms with Crippen molar-refractivity contribution in [1.82, 2.24) is 4.98 Å². The molecular weight excluding hydrogens is 453 g/mol. The van der Waals surface area contributed by atoms with E-state index in [2.05, 4.69) is 29.2 Å². The second-order valence-electron chi connectivity index (χ2n) is 8.80. The third kappa shape index (κ3) is 2.94. The van der Waals surface area contributed by atoms with Gasteiger partial charge in [0.2, 0.25) is 0 Å². The molecule has 0 saturated carbocycles. The van der Waals surface area contributed by atoms with Crippen molar-refractivity contribution in [3.8, 4) is 45.3 Å². The predicted molar refractivity (Wildman–Crippen MR) is 139 cm³/mol. The molecule has 0 N–H and O–H groups in total. The summed E-state index contributed by atoms with van der Waals surface area (Å²) in [5.41, 5.74) is 5.01. The summed E-state index contributed by atoms with van der Waals surface area (Å²) in [6, 6.07) is 31.5. The van der Waals surface area contributed by atoms with Gasteiger partial charge in [0.15, 0.2) is 7.14 Å². The Kier molecular flexibility index (Phi) is 4.30. The van der Waals surface area contributed by atoms with Gasteiger partial charge in [0, 0.05) is 17.5 Å². The summed E-state index contributed by atoms with van der Waals surface area (Å²) in [6.45, 7) is 1.99. The maximum atomic E-state index is 15.1. The van der Waals surface area contributed by atoms with Crippen LogP contribution >= 0.6 is 7.14 Å². The van der Waals surface area contributed by atoms with Gasteiger partial charge >= 0.3 is 0 Å². The van der Waals surface area contributed by atoms with E-state index in [1.54, 1.807) is 0 Å². The van der Waals surface area contributed by atoms with Crippen LogP contribution in [0.2, 0.25) is 0 Å². The highest BCUT2D eigenvalue weighted by Gasteiger charge is 2.46. The molecule has 1 aromatic heterocycles. The number of ether oxygens (including phenoxy) is 2. The van der Waals surface area contributed by atoms with Crippen LogP contribution in [0.25, 0.3) is 22.3 Å². The van der Waals surface area contributed by atoms with Crippen molar-refractivity contribution >= 4 is 23.1 Å². The molecule has 2 aliphatic heterocycles. The van der Waals surface area contributed by atoms with Gasteiger partial charge in [-0.1, -0.05) is 42.5 Å². The van der Waals surface area contributed by atoms with Crippen LogP contribution in [-0.2, 0) is 4.57 Å². The fourth-order valence-corrected chi connectivity index (χ4v) is 8.14. The number of para-hydroxylation sites is 2. The van der Waals surface area contributed by atoms with Gasteiger partial charge in [0.05, 0.1) is 10.6 Å². The number of aryl methyl sites for hydroxylation is 1. The van der Waals surface area contributed by atoms with Crippen molar-refractivity contribution < 1.29 is 14.0 Å². The fraction of sp³-hybridized carbons (Fsp3) is 0.0333. The van der Waals surface area contributed by atoms with E-state index in [-0.39, 0.29) is 0 Å². The molecule has 1 atom stereocenters. The van der Waals surface area contributed by atoms with Crippen LogP contribution in [0.1, 0.15) is 5.69 Å². The third-order valence-electron chi connectivity index (χ3n) is 6.65. The van der Waals surface area contributed by atoms with Gasteiger partial charge in [-0.2, -0.15) is 0 Å². The van der Waals surface area contributed by atoms with Crippen molar-refractivity contribution in [3.05, 3.63) is 109 Å². The van der Waals surface area contributed by atoms with Crippen molar-refractivity contribution in [3.63, 3.8) is 0 Å². The standard InChI is InChI=1S/C30H20NO3P/c1-19-17-21(15-16-31-19)20-7-6-8-22(18-20)23-13-14-26-30-29(23)34-25-10-3-5-12-28(25)35(30,32)27-11-4-2-9-24(27)33-26/h2-18H,1H3. The minimum absolute atomic E-state index is 0.584. The maximum Gasteiger partial charge on any atom is 0.185 e. The second kappa shape index (κ2) is 7.43. The lowest BCUT2D eigenvalue weighted by Gasteiger charge is -2.35. The Balaban J connectivity index is 1.49. The van der Waals surface area contributed by atoms with Crippen molar-refractivity contribution in [2.24, 2.45) is 0 Å². The molecule has 4 aromatic carbocycles. The van der Waals surface area contributed by atoms with Crippen LogP contribution in [-0.4, -0.2) is 4.98 Å². The number of nitrogens with zero attached hydrogens (tertiary/aromatic N) is 1. The van der Waals surface area contributed by atoms with Gasteiger partial charge in [0.1, 0.15) is 28.3 Å². The largest absolute Gasteiger partial charge is 0.456 e. The molecule has 4 nitrogen and oxygen atoms in total. The van der Waals surface area contributed by atoms with Gasteiger partial charge in [-0.05, 0) is 78.2 Å². The number of benzene rings is 4. The SMILES string of the molecule is Cc1cc(-c2cccc(-c3ccc4c5c3Oc3ccccc3P5(=O)c3ccccc3O4)c2)ccn1. The highest BCUT2D eigenvalue weighted by molar-refractivity contribution is 7.86. The predicted octanol–water partition coefficient (Wildman–Crippen LogP) is 6.57. The lowest BCUT2D eigenvalue weighted by molar-refractivity contribution is 0.463. The maximum absolute atomic E-state index is 15.1. The van der Waals surface area contributed by atoms with Gasteiger partial charge in [-0.3, -0.25) is 4.98 Å². The average molecular weight is 473 g/mol. The van der Waals surface area contributed by atoms with Crippen LogP contribution < -0.4 is 25.4 Å². The molecule has 1 unspecified atom stereocenters. The first kappa shape index (κ1) is 20.3. The zero-order valence-corrected chi connectivity index (χ0v) is 19.8. The monoisotopic (exact) mass is 473 g/mol. The Labute approximate surface area is 203 Å². The molecule has 7 rings (SSSR count). The van der Waals surface area contributed by atoms with Crippen molar-refractivity contribution in [2.45, 2.75) is 6.92 Å². The Morgan fingerprint density at radius 2 is 1.34 bits per heavy atom. The first-order chi connectivity index (χ1) is 17.1. The molecule has 0 saturated heterocycles. The lowest BCUT2D eigenvalue weighted by Crippen LogP contribution is -2.35. The number of rotatable bonds is 2. The molecule has 5 aromatic rings. The molecular formula is C30H20NO3P. The topological polar surface area (TPSA) is 48.4 Å². The summed E-state index contributed by atoms with van der Waals surface area (Å²) < 4.78 is 27.8. The van der Waals surface area contributed by atoms with Crippen LogP contribution in [0.4, 0.5) is 0 Å². The number of pyridine rings is 1. The lowest BCUT2D eigenvalue weighted by atomic mass is 9.98. The minimum atomic E-state index is -3.20. The van der Waals surface area contributed by atoms with E-state index in [1.807, 2.05) is 85.9 Å². The van der Waals surface area contributed by atoms with Crippen LogP contribution in [0, 0.1) is 6.92 Å². The second-order valence-corrected chi connectivity index (χ2v) is 11.4. The molecule has 0 bridgehead atoms. The number of aromatic nitrogens is 1. The van der Waals surface area contributed by atoms with Gasteiger partial charge in [-0.15, -0.1) is 0 Å². The van der Waals surface area contributed by atoms with Gasteiger partial charge < -0.3 is 14.0 Å². The minimum Gasteiger partial charge on any atom is -0.456 e. The smallest absolute Gasteiger partial charge is 0.185 e. The highest BCUT2D eigenvalue weighted by atomic mass is 31.2. The third-order valence-corrected chi connectivity index (χ3v) is 9.80. The fourth-order valence-electron chi connectivity index (χ4n) is 5.06. The molecule has 168 valence electrons. The number of fused-ring (bicyclic) bond motifs is 4. The first-order valence-electron chi connectivity index (χ1n) is 11.5. The molecule has 3 heterocycles. The van der Waals surface area contributed by atoms with Gasteiger partial charge in [-0.25, -0.2) is 0 Å². The summed E-state index contributed by atoms with van der Waals surface area (Å²) in [4.78, 5) is 4.32. The van der Waals surface area contributed by atoms with Crippen LogP contribution in [0.3, 0.4) is 0 Å². The molecule has 2 aliphatic rings. The normalized spacial score (nSPS) is 16.8. The van der Waals surface area contributed by atoms with Crippen LogP contribution in [0.15, 0.2) is 103 Å². The van der Waals surface area contributed by atoms with E-state index in [1.165, 1.54) is 0 Å².